The van der Waals surface area contributed by atoms with Crippen LogP contribution in [0.4, 0.5) is 0 Å². The first-order valence-electron chi connectivity index (χ1n) is 6.04. The molecule has 1 rings (SSSR count). The van der Waals surface area contributed by atoms with Gasteiger partial charge in [-0.15, -0.1) is 0 Å². The van der Waals surface area contributed by atoms with Crippen LogP contribution in [-0.2, 0) is 20.6 Å². The van der Waals surface area contributed by atoms with E-state index in [1.807, 2.05) is 0 Å². The topological polar surface area (TPSA) is 78.6 Å². The molecule has 0 aliphatic rings. The number of rotatable bonds is 12. The zero-order valence-electron chi connectivity index (χ0n) is 10.8. The van der Waals surface area contributed by atoms with Crippen molar-refractivity contribution in [1.29, 1.82) is 0 Å². The Morgan fingerprint density at radius 2 is 1.89 bits per heavy atom. The van der Waals surface area contributed by atoms with Crippen LogP contribution in [0.3, 0.4) is 0 Å². The van der Waals surface area contributed by atoms with E-state index in [4.69, 9.17) is 14.2 Å². The second-order valence-corrected chi connectivity index (χ2v) is 3.56. The largest absolute Gasteiger partial charge is 0.382 e. The summed E-state index contributed by atoms with van der Waals surface area (Å²) in [6, 6.07) is 0. The molecule has 0 saturated carbocycles. The molecule has 7 heteroatoms. The fourth-order valence-corrected chi connectivity index (χ4v) is 1.24. The highest BCUT2D eigenvalue weighted by Crippen LogP contribution is 1.87. The van der Waals surface area contributed by atoms with Crippen LogP contribution in [0, 0.1) is 0 Å². The Balaban J connectivity index is 1.73. The fourth-order valence-electron chi connectivity index (χ4n) is 1.24. The van der Waals surface area contributed by atoms with Crippen molar-refractivity contribution in [3.05, 3.63) is 12.2 Å². The third-order valence-corrected chi connectivity index (χ3v) is 2.16. The summed E-state index contributed by atoms with van der Waals surface area (Å²) in [5.41, 5.74) is 0. The maximum absolute atomic E-state index is 5.37. The SMILES string of the molecule is COCCOCCOCCNCCc1ncon1. The van der Waals surface area contributed by atoms with Crippen LogP contribution in [0.25, 0.3) is 0 Å². The Hall–Kier alpha value is -1.02. The van der Waals surface area contributed by atoms with Crippen molar-refractivity contribution in [2.75, 3.05) is 53.2 Å². The van der Waals surface area contributed by atoms with Crippen molar-refractivity contribution in [1.82, 2.24) is 15.5 Å². The molecular formula is C11H21N3O4. The summed E-state index contributed by atoms with van der Waals surface area (Å²) >= 11 is 0. The highest BCUT2D eigenvalue weighted by molar-refractivity contribution is 4.78. The Morgan fingerprint density at radius 1 is 1.11 bits per heavy atom. The third kappa shape index (κ3) is 8.13. The van der Waals surface area contributed by atoms with E-state index in [1.165, 1.54) is 6.39 Å². The van der Waals surface area contributed by atoms with Crippen LogP contribution in [0.1, 0.15) is 5.82 Å². The fraction of sp³-hybridized carbons (Fsp3) is 0.818. The summed E-state index contributed by atoms with van der Waals surface area (Å²) in [7, 11) is 1.65. The molecule has 1 aromatic heterocycles. The number of nitrogens with zero attached hydrogens (tertiary/aromatic N) is 2. The molecule has 0 atom stereocenters. The number of aromatic nitrogens is 2. The Morgan fingerprint density at radius 3 is 2.61 bits per heavy atom. The van der Waals surface area contributed by atoms with Gasteiger partial charge >= 0.3 is 0 Å². The van der Waals surface area contributed by atoms with E-state index in [-0.39, 0.29) is 0 Å². The van der Waals surface area contributed by atoms with Crippen LogP contribution in [-0.4, -0.2) is 63.4 Å². The van der Waals surface area contributed by atoms with Crippen molar-refractivity contribution >= 4 is 0 Å². The van der Waals surface area contributed by atoms with Crippen molar-refractivity contribution in [2.24, 2.45) is 0 Å². The van der Waals surface area contributed by atoms with Crippen LogP contribution < -0.4 is 5.32 Å². The number of methoxy groups -OCH3 is 1. The van der Waals surface area contributed by atoms with Crippen molar-refractivity contribution in [3.8, 4) is 0 Å². The van der Waals surface area contributed by atoms with Gasteiger partial charge in [0.2, 0.25) is 6.39 Å². The molecule has 0 radical (unpaired) electrons. The van der Waals surface area contributed by atoms with Gasteiger partial charge < -0.3 is 24.1 Å². The van der Waals surface area contributed by atoms with E-state index in [9.17, 15) is 0 Å². The number of hydrogen-bond acceptors (Lipinski definition) is 7. The molecule has 18 heavy (non-hydrogen) atoms. The van der Waals surface area contributed by atoms with Gasteiger partial charge in [0.05, 0.1) is 33.0 Å². The highest BCUT2D eigenvalue weighted by Gasteiger charge is 1.97. The number of nitrogens with one attached hydrogen (secondary N) is 1. The minimum absolute atomic E-state index is 0.603. The number of hydrogen-bond donors (Lipinski definition) is 1. The van der Waals surface area contributed by atoms with E-state index in [0.29, 0.717) is 33.0 Å². The second kappa shape index (κ2) is 11.1. The van der Waals surface area contributed by atoms with Crippen LogP contribution >= 0.6 is 0 Å². The monoisotopic (exact) mass is 259 g/mol. The summed E-state index contributed by atoms with van der Waals surface area (Å²) in [5.74, 6) is 0.718. The molecule has 1 heterocycles. The molecule has 0 aliphatic heterocycles. The molecule has 0 bridgehead atoms. The van der Waals surface area contributed by atoms with Crippen molar-refractivity contribution < 1.29 is 18.7 Å². The Bertz CT molecular complexity index is 269. The van der Waals surface area contributed by atoms with Gasteiger partial charge in [-0.05, 0) is 0 Å². The first-order chi connectivity index (χ1) is 8.93. The zero-order valence-corrected chi connectivity index (χ0v) is 10.8. The van der Waals surface area contributed by atoms with E-state index in [0.717, 1.165) is 25.3 Å². The number of ether oxygens (including phenoxy) is 3. The summed E-state index contributed by atoms with van der Waals surface area (Å²) in [6.07, 6.45) is 2.10. The van der Waals surface area contributed by atoms with Crippen molar-refractivity contribution in [3.63, 3.8) is 0 Å². The molecule has 0 aliphatic carbocycles. The highest BCUT2D eigenvalue weighted by atomic mass is 16.5. The molecule has 0 fully saturated rings. The molecule has 7 nitrogen and oxygen atoms in total. The van der Waals surface area contributed by atoms with E-state index in [1.54, 1.807) is 7.11 Å². The van der Waals surface area contributed by atoms with Gasteiger partial charge in [0.1, 0.15) is 0 Å². The molecule has 0 unspecified atom stereocenters. The lowest BCUT2D eigenvalue weighted by Gasteiger charge is -2.06. The minimum atomic E-state index is 0.603. The Kier molecular flexibility index (Phi) is 9.27. The van der Waals surface area contributed by atoms with Gasteiger partial charge in [0, 0.05) is 26.6 Å². The van der Waals surface area contributed by atoms with Crippen molar-refractivity contribution in [2.45, 2.75) is 6.42 Å². The first-order valence-corrected chi connectivity index (χ1v) is 6.04. The summed E-state index contributed by atoms with van der Waals surface area (Å²) < 4.78 is 20.1. The van der Waals surface area contributed by atoms with Gasteiger partial charge in [-0.1, -0.05) is 5.16 Å². The average molecular weight is 259 g/mol. The van der Waals surface area contributed by atoms with Gasteiger partial charge in [-0.3, -0.25) is 0 Å². The zero-order chi connectivity index (χ0) is 12.9. The van der Waals surface area contributed by atoms with Crippen LogP contribution in [0.5, 0.6) is 0 Å². The minimum Gasteiger partial charge on any atom is -0.382 e. The van der Waals surface area contributed by atoms with E-state index < -0.39 is 0 Å². The predicted molar refractivity (Wildman–Crippen MR) is 64.4 cm³/mol. The Labute approximate surface area is 107 Å². The molecule has 0 aromatic carbocycles. The molecule has 104 valence electrons. The van der Waals surface area contributed by atoms with Crippen LogP contribution in [0.15, 0.2) is 10.9 Å². The van der Waals surface area contributed by atoms with E-state index in [2.05, 4.69) is 20.0 Å². The van der Waals surface area contributed by atoms with Gasteiger partial charge in [0.15, 0.2) is 5.82 Å². The molecule has 0 amide bonds. The van der Waals surface area contributed by atoms with Gasteiger partial charge in [-0.2, -0.15) is 4.98 Å². The molecular weight excluding hydrogens is 238 g/mol. The quantitative estimate of drug-likeness (QED) is 0.524. The average Bonchev–Trinajstić information content (AvgIpc) is 2.89. The lowest BCUT2D eigenvalue weighted by Crippen LogP contribution is -2.23. The molecule has 0 saturated heterocycles. The second-order valence-electron chi connectivity index (χ2n) is 3.56. The lowest BCUT2D eigenvalue weighted by atomic mass is 10.4. The molecule has 1 N–H and O–H groups in total. The van der Waals surface area contributed by atoms with Gasteiger partial charge in [-0.25, -0.2) is 0 Å². The van der Waals surface area contributed by atoms with Crippen LogP contribution in [0.2, 0.25) is 0 Å². The predicted octanol–water partition coefficient (Wildman–Crippen LogP) is -0.119. The summed E-state index contributed by atoms with van der Waals surface area (Å²) in [5, 5.41) is 6.94. The standard InChI is InChI=1S/C11H21N3O4/c1-15-6-7-17-9-8-16-5-4-12-3-2-11-13-10-18-14-11/h10,12H,2-9H2,1H3. The normalized spacial score (nSPS) is 10.9. The maximum Gasteiger partial charge on any atom is 0.213 e. The molecule has 1 aromatic rings. The first kappa shape index (κ1) is 15.0. The summed E-state index contributed by atoms with van der Waals surface area (Å²) in [6.45, 7) is 4.73. The smallest absolute Gasteiger partial charge is 0.213 e. The third-order valence-electron chi connectivity index (χ3n) is 2.16. The summed E-state index contributed by atoms with van der Waals surface area (Å²) in [4.78, 5) is 3.92. The maximum atomic E-state index is 5.37. The van der Waals surface area contributed by atoms with Gasteiger partial charge in [0.25, 0.3) is 0 Å². The van der Waals surface area contributed by atoms with E-state index >= 15 is 0 Å². The lowest BCUT2D eigenvalue weighted by molar-refractivity contribution is 0.0256. The molecule has 0 spiro atoms.